The number of likely N-dealkylation sites (N-methyl/N-ethyl adjacent to an activating group) is 1. The van der Waals surface area contributed by atoms with E-state index in [1.165, 1.54) is 7.85 Å². The summed E-state index contributed by atoms with van der Waals surface area (Å²) in [5, 5.41) is 21.4. The van der Waals surface area contributed by atoms with Gasteiger partial charge in [0.1, 0.15) is 6.04 Å². The van der Waals surface area contributed by atoms with Crippen LogP contribution in [0.25, 0.3) is 0 Å². The number of rotatable bonds is 25. The van der Waals surface area contributed by atoms with Crippen molar-refractivity contribution >= 4 is 31.4 Å². The highest BCUT2D eigenvalue weighted by Crippen LogP contribution is 2.10. The summed E-state index contributed by atoms with van der Waals surface area (Å²) in [6.45, 7) is 8.25. The number of hydrogen-bond donors (Lipinski definition) is 3. The molecule has 12 nitrogen and oxygen atoms in total. The van der Waals surface area contributed by atoms with E-state index in [0.29, 0.717) is 78.8 Å². The van der Waals surface area contributed by atoms with E-state index in [2.05, 4.69) is 5.32 Å². The Bertz CT molecular complexity index is 640. The van der Waals surface area contributed by atoms with Gasteiger partial charge in [-0.05, 0) is 25.9 Å². The van der Waals surface area contributed by atoms with Crippen molar-refractivity contribution in [3.8, 4) is 0 Å². The van der Waals surface area contributed by atoms with Gasteiger partial charge in [-0.1, -0.05) is 13.8 Å². The molecule has 0 bridgehead atoms. The van der Waals surface area contributed by atoms with Crippen LogP contribution in [0.15, 0.2) is 0 Å². The van der Waals surface area contributed by atoms with Crippen molar-refractivity contribution < 1.29 is 43.6 Å². The Morgan fingerprint density at radius 1 is 0.861 bits per heavy atom. The molecule has 0 aromatic rings. The third kappa shape index (κ3) is 19.2. The van der Waals surface area contributed by atoms with Gasteiger partial charge in [-0.25, -0.2) is 0 Å². The van der Waals surface area contributed by atoms with Gasteiger partial charge in [0.05, 0.1) is 51.9 Å². The zero-order valence-corrected chi connectivity index (χ0v) is 22.0. The predicted octanol–water partition coefficient (Wildman–Crippen LogP) is -0.946. The first-order valence-corrected chi connectivity index (χ1v) is 12.6. The number of aliphatic carboxylic acids is 2. The van der Waals surface area contributed by atoms with Gasteiger partial charge in [0.2, 0.25) is 5.91 Å². The van der Waals surface area contributed by atoms with Crippen LogP contribution in [0.1, 0.15) is 39.5 Å². The SMILES string of the molecule is BC(=O)CCOCCOCCOCCNC(=O)CCC(C(=O)O)N(CCC)CCN(CC)CC(=O)O. The van der Waals surface area contributed by atoms with E-state index >= 15 is 0 Å². The highest BCUT2D eigenvalue weighted by molar-refractivity contribution is 6.57. The van der Waals surface area contributed by atoms with Crippen LogP contribution in [-0.2, 0) is 33.4 Å². The first-order valence-electron chi connectivity index (χ1n) is 12.6. The molecule has 0 saturated heterocycles. The van der Waals surface area contributed by atoms with Gasteiger partial charge in [0.15, 0.2) is 7.85 Å². The van der Waals surface area contributed by atoms with Crippen LogP contribution >= 0.6 is 0 Å². The number of ether oxygens (including phenoxy) is 3. The molecular weight excluding hydrogens is 473 g/mol. The Morgan fingerprint density at radius 3 is 2.00 bits per heavy atom. The molecular formula is C23H44BN3O9. The molecule has 0 aliphatic heterocycles. The summed E-state index contributed by atoms with van der Waals surface area (Å²) in [4.78, 5) is 49.3. The Balaban J connectivity index is 4.14. The molecule has 13 heteroatoms. The molecule has 0 saturated carbocycles. The highest BCUT2D eigenvalue weighted by atomic mass is 16.5. The van der Waals surface area contributed by atoms with Crippen LogP contribution < -0.4 is 5.32 Å². The van der Waals surface area contributed by atoms with Crippen LogP contribution in [0.4, 0.5) is 0 Å². The molecule has 0 aromatic carbocycles. The van der Waals surface area contributed by atoms with Gasteiger partial charge in [-0.2, -0.15) is 0 Å². The Labute approximate surface area is 215 Å². The Kier molecular flexibility index (Phi) is 20.9. The fraction of sp³-hybridized carbons (Fsp3) is 0.826. The molecule has 208 valence electrons. The van der Waals surface area contributed by atoms with Gasteiger partial charge < -0.3 is 34.5 Å². The Hall–Kier alpha value is -2.06. The lowest BCUT2D eigenvalue weighted by atomic mass is 10.0. The molecule has 0 heterocycles. The molecule has 0 fully saturated rings. The standard InChI is InChI=1S/C23H44BN3O9/c1-3-9-27(11-10-26(4-2)18-22(30)31)19(23(32)33)5-6-21(29)25-8-13-35-15-17-36-16-14-34-12-7-20(24)28/h19H,3-18,24H2,1-2H3,(H,25,29)(H,30,31)(H,32,33). The smallest absolute Gasteiger partial charge is 0.320 e. The van der Waals surface area contributed by atoms with E-state index in [1.54, 1.807) is 9.80 Å². The van der Waals surface area contributed by atoms with Crippen LogP contribution in [0, 0.1) is 0 Å². The average molecular weight is 517 g/mol. The number of carboxylic acids is 2. The van der Waals surface area contributed by atoms with Gasteiger partial charge in [-0.15, -0.1) is 0 Å². The monoisotopic (exact) mass is 517 g/mol. The molecule has 0 aromatic heterocycles. The lowest BCUT2D eigenvalue weighted by Crippen LogP contribution is -2.46. The fourth-order valence-electron chi connectivity index (χ4n) is 3.36. The molecule has 1 amide bonds. The van der Waals surface area contributed by atoms with E-state index in [9.17, 15) is 24.3 Å². The minimum absolute atomic E-state index is 0.0660. The first-order chi connectivity index (χ1) is 17.2. The number of amides is 1. The zero-order valence-electron chi connectivity index (χ0n) is 22.0. The van der Waals surface area contributed by atoms with Crippen LogP contribution in [0.3, 0.4) is 0 Å². The first kappa shape index (κ1) is 33.9. The third-order valence-electron chi connectivity index (χ3n) is 5.30. The molecule has 0 aliphatic rings. The van der Waals surface area contributed by atoms with Gasteiger partial charge >= 0.3 is 11.9 Å². The largest absolute Gasteiger partial charge is 0.480 e. The quantitative estimate of drug-likeness (QED) is 0.101. The van der Waals surface area contributed by atoms with Crippen molar-refractivity contribution in [2.45, 2.75) is 45.6 Å². The number of hydrogen-bond acceptors (Lipinski definition) is 9. The molecule has 36 heavy (non-hydrogen) atoms. The zero-order chi connectivity index (χ0) is 27.2. The Morgan fingerprint density at radius 2 is 1.47 bits per heavy atom. The topological polar surface area (TPSA) is 155 Å². The predicted molar refractivity (Wildman–Crippen MR) is 136 cm³/mol. The number of carboxylic acid groups (broad SMARTS) is 2. The molecule has 0 radical (unpaired) electrons. The molecule has 1 atom stereocenters. The van der Waals surface area contributed by atoms with Crippen molar-refractivity contribution in [3.05, 3.63) is 0 Å². The molecule has 0 aliphatic carbocycles. The summed E-state index contributed by atoms with van der Waals surface area (Å²) in [5.41, 5.74) is 0.0880. The second-order valence-corrected chi connectivity index (χ2v) is 8.33. The highest BCUT2D eigenvalue weighted by Gasteiger charge is 2.26. The number of nitrogens with zero attached hydrogens (tertiary/aromatic N) is 2. The van der Waals surface area contributed by atoms with Gasteiger partial charge in [0, 0.05) is 32.5 Å². The van der Waals surface area contributed by atoms with Crippen LogP contribution in [-0.4, -0.2) is 136 Å². The summed E-state index contributed by atoms with van der Waals surface area (Å²) in [6, 6.07) is -0.820. The summed E-state index contributed by atoms with van der Waals surface area (Å²) in [7, 11) is 1.52. The number of carbonyl (C=O) groups is 4. The van der Waals surface area contributed by atoms with E-state index in [1.807, 2.05) is 13.8 Å². The average Bonchev–Trinajstić information content (AvgIpc) is 2.81. The number of carbonyl (C=O) groups excluding carboxylic acids is 2. The van der Waals surface area contributed by atoms with Crippen molar-refractivity contribution in [1.29, 1.82) is 0 Å². The molecule has 1 unspecified atom stereocenters. The molecule has 3 N–H and O–H groups in total. The summed E-state index contributed by atoms with van der Waals surface area (Å²) < 4.78 is 16.0. The van der Waals surface area contributed by atoms with Crippen molar-refractivity contribution in [2.24, 2.45) is 0 Å². The summed E-state index contributed by atoms with van der Waals surface area (Å²) >= 11 is 0. The maximum absolute atomic E-state index is 12.2. The maximum atomic E-state index is 12.2. The lowest BCUT2D eigenvalue weighted by Gasteiger charge is -2.30. The second kappa shape index (κ2) is 22.2. The van der Waals surface area contributed by atoms with Crippen molar-refractivity contribution in [1.82, 2.24) is 15.1 Å². The van der Waals surface area contributed by atoms with Crippen molar-refractivity contribution in [2.75, 3.05) is 78.9 Å². The van der Waals surface area contributed by atoms with E-state index in [4.69, 9.17) is 19.3 Å². The normalized spacial score (nSPS) is 12.1. The van der Waals surface area contributed by atoms with Crippen LogP contribution in [0.5, 0.6) is 0 Å². The van der Waals surface area contributed by atoms with E-state index in [0.717, 1.165) is 6.42 Å². The molecule has 0 spiro atoms. The minimum atomic E-state index is -0.995. The third-order valence-corrected chi connectivity index (χ3v) is 5.30. The maximum Gasteiger partial charge on any atom is 0.320 e. The summed E-state index contributed by atoms with van der Waals surface area (Å²) in [6.07, 6.45) is 1.37. The summed E-state index contributed by atoms with van der Waals surface area (Å²) in [5.74, 6) is -2.17. The fourth-order valence-corrected chi connectivity index (χ4v) is 3.36. The van der Waals surface area contributed by atoms with E-state index < -0.39 is 18.0 Å². The lowest BCUT2D eigenvalue weighted by molar-refractivity contribution is -0.144. The van der Waals surface area contributed by atoms with E-state index in [-0.39, 0.29) is 31.0 Å². The van der Waals surface area contributed by atoms with Gasteiger partial charge in [-0.3, -0.25) is 24.2 Å². The molecule has 0 rings (SSSR count). The minimum Gasteiger partial charge on any atom is -0.480 e. The van der Waals surface area contributed by atoms with Gasteiger partial charge in [0.25, 0.3) is 0 Å². The van der Waals surface area contributed by atoms with Crippen LogP contribution in [0.2, 0.25) is 0 Å². The second-order valence-electron chi connectivity index (χ2n) is 8.33. The van der Waals surface area contributed by atoms with Crippen molar-refractivity contribution in [3.63, 3.8) is 0 Å². The number of nitrogens with one attached hydrogen (secondary N) is 1.